The van der Waals surface area contributed by atoms with E-state index in [2.05, 4.69) is 194 Å². The molecule has 0 amide bonds. The molecule has 0 heterocycles. The van der Waals surface area contributed by atoms with Crippen LogP contribution in [0.2, 0.25) is 0 Å². The van der Waals surface area contributed by atoms with E-state index in [4.69, 9.17) is 0 Å². The summed E-state index contributed by atoms with van der Waals surface area (Å²) in [6, 6.07) is 71.3. The van der Waals surface area contributed by atoms with Crippen LogP contribution in [0.15, 0.2) is 194 Å². The maximum atomic E-state index is 2.36. The maximum absolute atomic E-state index is 2.36. The van der Waals surface area contributed by atoms with Crippen LogP contribution in [-0.4, -0.2) is 0 Å². The second kappa shape index (κ2) is 11.6. The minimum atomic E-state index is 1.22. The standard InChI is InChI=1S/C50H32/c1-2-12-37-30-40(26-22-33(37)10-1)38-13-9-14-42(32-38)50-47-18-7-5-16-45(47)49(46-17-6-8-19-48(46)50)36-24-20-34(21-25-36)39-28-29-44-41(31-39)27-23-35-11-3-4-15-43(35)44/h1-32H. The average molecular weight is 633 g/mol. The number of rotatable bonds is 4. The number of fused-ring (bicyclic) bond motifs is 6. The van der Waals surface area contributed by atoms with Gasteiger partial charge in [0.25, 0.3) is 0 Å². The summed E-state index contributed by atoms with van der Waals surface area (Å²) >= 11 is 0. The van der Waals surface area contributed by atoms with Crippen molar-refractivity contribution < 1.29 is 0 Å². The molecule has 0 saturated heterocycles. The summed E-state index contributed by atoms with van der Waals surface area (Å²) in [7, 11) is 0. The highest BCUT2D eigenvalue weighted by Gasteiger charge is 2.17. The first-order valence-electron chi connectivity index (χ1n) is 17.3. The van der Waals surface area contributed by atoms with E-state index < -0.39 is 0 Å². The average Bonchev–Trinajstić information content (AvgIpc) is 3.19. The molecule has 0 nitrogen and oxygen atoms in total. The molecule has 0 aromatic heterocycles. The third kappa shape index (κ3) is 4.69. The molecule has 0 unspecified atom stereocenters. The fourth-order valence-corrected chi connectivity index (χ4v) is 8.00. The van der Waals surface area contributed by atoms with E-state index >= 15 is 0 Å². The van der Waals surface area contributed by atoms with Crippen LogP contribution in [0.4, 0.5) is 0 Å². The highest BCUT2D eigenvalue weighted by atomic mass is 14.2. The highest BCUT2D eigenvalue weighted by molar-refractivity contribution is 6.21. The Morgan fingerprint density at radius 2 is 0.600 bits per heavy atom. The molecule has 0 N–H and O–H groups in total. The summed E-state index contributed by atoms with van der Waals surface area (Å²) in [5.74, 6) is 0. The van der Waals surface area contributed by atoms with Crippen LogP contribution in [-0.2, 0) is 0 Å². The van der Waals surface area contributed by atoms with Crippen LogP contribution in [0.1, 0.15) is 0 Å². The molecule has 10 aromatic carbocycles. The SMILES string of the molecule is c1cc(-c2ccc3ccccc3c2)cc(-c2c3ccccc3c(-c3ccc(-c4ccc5c(ccc6ccccc65)c4)cc3)c3ccccc23)c1. The third-order valence-corrected chi connectivity index (χ3v) is 10.4. The van der Waals surface area contributed by atoms with Gasteiger partial charge in [-0.15, -0.1) is 0 Å². The maximum Gasteiger partial charge on any atom is -0.00262 e. The summed E-state index contributed by atoms with van der Waals surface area (Å²) < 4.78 is 0. The Labute approximate surface area is 291 Å². The Balaban J connectivity index is 1.10. The predicted molar refractivity (Wildman–Crippen MR) is 216 cm³/mol. The van der Waals surface area contributed by atoms with E-state index in [0.717, 1.165) is 0 Å². The predicted octanol–water partition coefficient (Wildman–Crippen LogP) is 14.1. The van der Waals surface area contributed by atoms with Crippen molar-refractivity contribution in [2.45, 2.75) is 0 Å². The van der Waals surface area contributed by atoms with Crippen LogP contribution in [0.5, 0.6) is 0 Å². The molecule has 0 fully saturated rings. The Hall–Kier alpha value is -6.50. The van der Waals surface area contributed by atoms with Crippen LogP contribution >= 0.6 is 0 Å². The first-order chi connectivity index (χ1) is 24.8. The Bertz CT molecular complexity index is 2850. The quantitative estimate of drug-likeness (QED) is 0.134. The molecule has 232 valence electrons. The third-order valence-electron chi connectivity index (χ3n) is 10.4. The van der Waals surface area contributed by atoms with E-state index in [1.165, 1.54) is 98.4 Å². The Morgan fingerprint density at radius 1 is 0.180 bits per heavy atom. The van der Waals surface area contributed by atoms with Crippen molar-refractivity contribution in [1.29, 1.82) is 0 Å². The van der Waals surface area contributed by atoms with E-state index in [1.54, 1.807) is 0 Å². The molecule has 10 aromatic rings. The molecular formula is C50H32. The number of hydrogen-bond donors (Lipinski definition) is 0. The van der Waals surface area contributed by atoms with E-state index in [0.29, 0.717) is 0 Å². The molecule has 0 spiro atoms. The Kier molecular flexibility index (Phi) is 6.60. The monoisotopic (exact) mass is 632 g/mol. The first-order valence-corrected chi connectivity index (χ1v) is 17.3. The lowest BCUT2D eigenvalue weighted by Gasteiger charge is -2.18. The van der Waals surface area contributed by atoms with E-state index in [-0.39, 0.29) is 0 Å². The molecule has 50 heavy (non-hydrogen) atoms. The van der Waals surface area contributed by atoms with Crippen molar-refractivity contribution in [2.24, 2.45) is 0 Å². The zero-order chi connectivity index (χ0) is 33.0. The van der Waals surface area contributed by atoms with Gasteiger partial charge in [0.15, 0.2) is 0 Å². The largest absolute Gasteiger partial charge is 0.0616 e. The lowest BCUT2D eigenvalue weighted by Crippen LogP contribution is -1.91. The van der Waals surface area contributed by atoms with Crippen molar-refractivity contribution in [3.63, 3.8) is 0 Å². The fraction of sp³-hybridized carbons (Fsp3) is 0. The first kappa shape index (κ1) is 28.5. The van der Waals surface area contributed by atoms with Gasteiger partial charge in [-0.05, 0) is 117 Å². The van der Waals surface area contributed by atoms with Crippen LogP contribution in [0.3, 0.4) is 0 Å². The van der Waals surface area contributed by atoms with Crippen molar-refractivity contribution in [1.82, 2.24) is 0 Å². The molecule has 0 aliphatic rings. The summed E-state index contributed by atoms with van der Waals surface area (Å²) in [5.41, 5.74) is 9.93. The molecular weight excluding hydrogens is 601 g/mol. The topological polar surface area (TPSA) is 0 Å². The molecule has 0 bridgehead atoms. The highest BCUT2D eigenvalue weighted by Crippen LogP contribution is 2.44. The number of hydrogen-bond acceptors (Lipinski definition) is 0. The lowest BCUT2D eigenvalue weighted by molar-refractivity contribution is 1.62. The molecule has 0 aliphatic heterocycles. The summed E-state index contributed by atoms with van der Waals surface area (Å²) in [4.78, 5) is 0. The zero-order valence-electron chi connectivity index (χ0n) is 27.5. The zero-order valence-corrected chi connectivity index (χ0v) is 27.5. The normalized spacial score (nSPS) is 11.6. The molecule has 0 radical (unpaired) electrons. The van der Waals surface area contributed by atoms with E-state index in [9.17, 15) is 0 Å². The van der Waals surface area contributed by atoms with Gasteiger partial charge in [0.1, 0.15) is 0 Å². The van der Waals surface area contributed by atoms with Crippen LogP contribution in [0.25, 0.3) is 98.4 Å². The molecule has 0 saturated carbocycles. The van der Waals surface area contributed by atoms with Crippen LogP contribution in [0, 0.1) is 0 Å². The van der Waals surface area contributed by atoms with Gasteiger partial charge in [-0.1, -0.05) is 176 Å². The fourth-order valence-electron chi connectivity index (χ4n) is 8.00. The molecule has 0 heteroatoms. The smallest absolute Gasteiger partial charge is 0.00262 e. The molecule has 0 atom stereocenters. The Morgan fingerprint density at radius 3 is 1.32 bits per heavy atom. The molecule has 10 rings (SSSR count). The summed E-state index contributed by atoms with van der Waals surface area (Å²) in [6.07, 6.45) is 0. The second-order valence-electron chi connectivity index (χ2n) is 13.3. The summed E-state index contributed by atoms with van der Waals surface area (Å²) in [6.45, 7) is 0. The van der Waals surface area contributed by atoms with Gasteiger partial charge in [-0.3, -0.25) is 0 Å². The summed E-state index contributed by atoms with van der Waals surface area (Å²) in [5, 5.41) is 12.7. The minimum absolute atomic E-state index is 1.22. The van der Waals surface area contributed by atoms with Crippen LogP contribution < -0.4 is 0 Å². The molecule has 0 aliphatic carbocycles. The number of benzene rings is 10. The lowest BCUT2D eigenvalue weighted by atomic mass is 9.85. The van der Waals surface area contributed by atoms with Gasteiger partial charge in [0, 0.05) is 0 Å². The van der Waals surface area contributed by atoms with E-state index in [1.807, 2.05) is 0 Å². The van der Waals surface area contributed by atoms with Crippen molar-refractivity contribution in [3.05, 3.63) is 194 Å². The van der Waals surface area contributed by atoms with Gasteiger partial charge >= 0.3 is 0 Å². The second-order valence-corrected chi connectivity index (χ2v) is 13.3. The minimum Gasteiger partial charge on any atom is -0.0616 e. The van der Waals surface area contributed by atoms with Gasteiger partial charge < -0.3 is 0 Å². The van der Waals surface area contributed by atoms with Gasteiger partial charge in [-0.2, -0.15) is 0 Å². The van der Waals surface area contributed by atoms with Crippen molar-refractivity contribution in [3.8, 4) is 44.5 Å². The van der Waals surface area contributed by atoms with Crippen molar-refractivity contribution >= 4 is 53.9 Å². The van der Waals surface area contributed by atoms with Gasteiger partial charge in [-0.25, -0.2) is 0 Å². The van der Waals surface area contributed by atoms with Crippen molar-refractivity contribution in [2.75, 3.05) is 0 Å². The van der Waals surface area contributed by atoms with Gasteiger partial charge in [0.05, 0.1) is 0 Å². The van der Waals surface area contributed by atoms with Gasteiger partial charge in [0.2, 0.25) is 0 Å².